The van der Waals surface area contributed by atoms with Crippen LogP contribution in [0.25, 0.3) is 11.3 Å². The van der Waals surface area contributed by atoms with Crippen LogP contribution in [-0.2, 0) is 0 Å². The standard InChI is InChI=1S/C15H17N/c1-3-12(2)13-7-6-8-14(11-13)15-9-4-5-10-16-15/h4-12H,3H2,1-2H3. The van der Waals surface area contributed by atoms with Gasteiger partial charge in [-0.3, -0.25) is 4.98 Å². The lowest BCUT2D eigenvalue weighted by Gasteiger charge is -2.10. The Morgan fingerprint density at radius 2 is 2.00 bits per heavy atom. The molecule has 0 bridgehead atoms. The highest BCUT2D eigenvalue weighted by Gasteiger charge is 2.04. The summed E-state index contributed by atoms with van der Waals surface area (Å²) < 4.78 is 0. The highest BCUT2D eigenvalue weighted by molar-refractivity contribution is 5.59. The Hall–Kier alpha value is -1.63. The van der Waals surface area contributed by atoms with Gasteiger partial charge in [0.1, 0.15) is 0 Å². The normalized spacial score (nSPS) is 12.4. The van der Waals surface area contributed by atoms with Gasteiger partial charge in [0.2, 0.25) is 0 Å². The molecule has 1 aromatic carbocycles. The average molecular weight is 211 g/mol. The van der Waals surface area contributed by atoms with Gasteiger partial charge in [0, 0.05) is 11.8 Å². The van der Waals surface area contributed by atoms with Gasteiger partial charge in [-0.1, -0.05) is 38.1 Å². The van der Waals surface area contributed by atoms with E-state index in [0.29, 0.717) is 5.92 Å². The van der Waals surface area contributed by atoms with E-state index in [4.69, 9.17) is 0 Å². The molecular formula is C15H17N. The maximum Gasteiger partial charge on any atom is 0.0702 e. The van der Waals surface area contributed by atoms with Crippen molar-refractivity contribution in [3.05, 3.63) is 54.2 Å². The minimum atomic E-state index is 0.615. The summed E-state index contributed by atoms with van der Waals surface area (Å²) in [6, 6.07) is 14.7. The van der Waals surface area contributed by atoms with Crippen molar-refractivity contribution in [1.82, 2.24) is 4.98 Å². The fourth-order valence-corrected chi connectivity index (χ4v) is 1.77. The second-order valence-electron chi connectivity index (χ2n) is 4.15. The Kier molecular flexibility index (Phi) is 3.35. The largest absolute Gasteiger partial charge is 0.256 e. The van der Waals surface area contributed by atoms with Gasteiger partial charge in [0.05, 0.1) is 5.69 Å². The van der Waals surface area contributed by atoms with Crippen LogP contribution in [-0.4, -0.2) is 4.98 Å². The van der Waals surface area contributed by atoms with Gasteiger partial charge in [-0.05, 0) is 36.1 Å². The Bertz CT molecular complexity index is 448. The van der Waals surface area contributed by atoms with E-state index >= 15 is 0 Å². The van der Waals surface area contributed by atoms with Crippen molar-refractivity contribution < 1.29 is 0 Å². The lowest BCUT2D eigenvalue weighted by molar-refractivity contribution is 0.734. The number of aromatic nitrogens is 1. The van der Waals surface area contributed by atoms with Crippen LogP contribution in [0.15, 0.2) is 48.7 Å². The fraction of sp³-hybridized carbons (Fsp3) is 0.267. The fourth-order valence-electron chi connectivity index (χ4n) is 1.77. The summed E-state index contributed by atoms with van der Waals surface area (Å²) in [5, 5.41) is 0. The quantitative estimate of drug-likeness (QED) is 0.739. The van der Waals surface area contributed by atoms with Crippen LogP contribution in [0, 0.1) is 0 Å². The first-order valence-corrected chi connectivity index (χ1v) is 5.82. The number of benzene rings is 1. The summed E-state index contributed by atoms with van der Waals surface area (Å²) in [6.45, 7) is 4.48. The first-order valence-electron chi connectivity index (χ1n) is 5.82. The van der Waals surface area contributed by atoms with Crippen LogP contribution in [0.2, 0.25) is 0 Å². The Labute approximate surface area is 97.2 Å². The van der Waals surface area contributed by atoms with E-state index in [9.17, 15) is 0 Å². The highest BCUT2D eigenvalue weighted by Crippen LogP contribution is 2.24. The third-order valence-electron chi connectivity index (χ3n) is 3.03. The van der Waals surface area contributed by atoms with E-state index in [0.717, 1.165) is 5.69 Å². The van der Waals surface area contributed by atoms with E-state index in [1.807, 2.05) is 18.3 Å². The molecule has 2 aromatic rings. The molecule has 0 spiro atoms. The van der Waals surface area contributed by atoms with E-state index in [2.05, 4.69) is 49.2 Å². The minimum absolute atomic E-state index is 0.615. The maximum atomic E-state index is 4.38. The molecule has 82 valence electrons. The molecule has 0 aliphatic rings. The van der Waals surface area contributed by atoms with Crippen LogP contribution in [0.3, 0.4) is 0 Å². The van der Waals surface area contributed by atoms with Gasteiger partial charge in [0.15, 0.2) is 0 Å². The zero-order valence-electron chi connectivity index (χ0n) is 9.85. The zero-order valence-corrected chi connectivity index (χ0v) is 9.85. The monoisotopic (exact) mass is 211 g/mol. The number of nitrogens with zero attached hydrogens (tertiary/aromatic N) is 1. The minimum Gasteiger partial charge on any atom is -0.256 e. The molecule has 1 nitrogen and oxygen atoms in total. The van der Waals surface area contributed by atoms with Crippen molar-refractivity contribution in [2.45, 2.75) is 26.2 Å². The number of pyridine rings is 1. The molecule has 1 heteroatoms. The van der Waals surface area contributed by atoms with Crippen molar-refractivity contribution in [3.63, 3.8) is 0 Å². The molecule has 1 aromatic heterocycles. The van der Waals surface area contributed by atoms with Gasteiger partial charge >= 0.3 is 0 Å². The van der Waals surface area contributed by atoms with Crippen molar-refractivity contribution in [3.8, 4) is 11.3 Å². The van der Waals surface area contributed by atoms with Crippen LogP contribution in [0.1, 0.15) is 31.7 Å². The van der Waals surface area contributed by atoms with Gasteiger partial charge in [0.25, 0.3) is 0 Å². The molecule has 16 heavy (non-hydrogen) atoms. The SMILES string of the molecule is CCC(C)c1cccc(-c2ccccn2)c1. The van der Waals surface area contributed by atoms with Gasteiger partial charge in [-0.2, -0.15) is 0 Å². The van der Waals surface area contributed by atoms with Gasteiger partial charge in [-0.15, -0.1) is 0 Å². The second kappa shape index (κ2) is 4.93. The number of rotatable bonds is 3. The number of hydrogen-bond donors (Lipinski definition) is 0. The van der Waals surface area contributed by atoms with Crippen LogP contribution < -0.4 is 0 Å². The van der Waals surface area contributed by atoms with E-state index < -0.39 is 0 Å². The van der Waals surface area contributed by atoms with Crippen molar-refractivity contribution in [1.29, 1.82) is 0 Å². The number of hydrogen-bond acceptors (Lipinski definition) is 1. The van der Waals surface area contributed by atoms with Crippen molar-refractivity contribution in [2.24, 2.45) is 0 Å². The van der Waals surface area contributed by atoms with Crippen molar-refractivity contribution in [2.75, 3.05) is 0 Å². The van der Waals surface area contributed by atoms with E-state index in [1.165, 1.54) is 17.5 Å². The molecule has 2 rings (SSSR count). The summed E-state index contributed by atoms with van der Waals surface area (Å²) >= 11 is 0. The Morgan fingerprint density at radius 3 is 2.69 bits per heavy atom. The van der Waals surface area contributed by atoms with E-state index in [-0.39, 0.29) is 0 Å². The molecule has 0 saturated heterocycles. The predicted molar refractivity (Wildman–Crippen MR) is 68.4 cm³/mol. The first-order chi connectivity index (χ1) is 7.81. The molecular weight excluding hydrogens is 194 g/mol. The first kappa shape index (κ1) is 10.9. The third kappa shape index (κ3) is 2.30. The third-order valence-corrected chi connectivity index (χ3v) is 3.03. The van der Waals surface area contributed by atoms with Crippen LogP contribution >= 0.6 is 0 Å². The molecule has 0 aliphatic carbocycles. The molecule has 0 fully saturated rings. The summed E-state index contributed by atoms with van der Waals surface area (Å²) in [5.41, 5.74) is 3.65. The van der Waals surface area contributed by atoms with Gasteiger partial charge < -0.3 is 0 Å². The van der Waals surface area contributed by atoms with Gasteiger partial charge in [-0.25, -0.2) is 0 Å². The van der Waals surface area contributed by atoms with Crippen LogP contribution in [0.5, 0.6) is 0 Å². The molecule has 0 radical (unpaired) electrons. The lowest BCUT2D eigenvalue weighted by atomic mass is 9.96. The molecule has 1 unspecified atom stereocenters. The zero-order chi connectivity index (χ0) is 11.4. The molecule has 0 amide bonds. The smallest absolute Gasteiger partial charge is 0.0702 e. The molecule has 0 saturated carbocycles. The summed E-state index contributed by atoms with van der Waals surface area (Å²) in [7, 11) is 0. The maximum absolute atomic E-state index is 4.38. The average Bonchev–Trinajstić information content (AvgIpc) is 2.39. The second-order valence-corrected chi connectivity index (χ2v) is 4.15. The van der Waals surface area contributed by atoms with Crippen LogP contribution in [0.4, 0.5) is 0 Å². The molecule has 1 heterocycles. The lowest BCUT2D eigenvalue weighted by Crippen LogP contribution is -1.92. The van der Waals surface area contributed by atoms with E-state index in [1.54, 1.807) is 0 Å². The molecule has 0 N–H and O–H groups in total. The predicted octanol–water partition coefficient (Wildman–Crippen LogP) is 4.26. The summed E-state index contributed by atoms with van der Waals surface area (Å²) in [4.78, 5) is 4.38. The topological polar surface area (TPSA) is 12.9 Å². The summed E-state index contributed by atoms with van der Waals surface area (Å²) in [5.74, 6) is 0.615. The van der Waals surface area contributed by atoms with Crippen molar-refractivity contribution >= 4 is 0 Å². The highest BCUT2D eigenvalue weighted by atomic mass is 14.7. The molecule has 1 atom stereocenters. The Balaban J connectivity index is 2.36. The molecule has 0 aliphatic heterocycles. The summed E-state index contributed by atoms with van der Waals surface area (Å²) in [6.07, 6.45) is 3.01. The Morgan fingerprint density at radius 1 is 1.12 bits per heavy atom.